The first kappa shape index (κ1) is 12.9. The molecule has 0 spiro atoms. The van der Waals surface area contributed by atoms with Gasteiger partial charge in [-0.05, 0) is 43.0 Å². The fourth-order valence-corrected chi connectivity index (χ4v) is 2.77. The molecule has 1 amide bonds. The van der Waals surface area contributed by atoms with Crippen LogP contribution in [0.15, 0.2) is 48.7 Å². The zero-order valence-corrected chi connectivity index (χ0v) is 11.6. The smallest absolute Gasteiger partial charge is 0.236 e. The van der Waals surface area contributed by atoms with Gasteiger partial charge in [0, 0.05) is 6.20 Å². The van der Waals surface area contributed by atoms with Gasteiger partial charge >= 0.3 is 0 Å². The SMILES string of the molecule is Cc1ccnc(NC(=O)C2(c3ccccc3)CCC2)c1. The van der Waals surface area contributed by atoms with E-state index in [1.807, 2.05) is 49.4 Å². The number of carbonyl (C=O) groups is 1. The molecule has 3 nitrogen and oxygen atoms in total. The molecule has 20 heavy (non-hydrogen) atoms. The molecule has 0 unspecified atom stereocenters. The van der Waals surface area contributed by atoms with Gasteiger partial charge in [0.2, 0.25) is 5.91 Å². The minimum absolute atomic E-state index is 0.0630. The third-order valence-corrected chi connectivity index (χ3v) is 4.13. The summed E-state index contributed by atoms with van der Waals surface area (Å²) in [7, 11) is 0. The van der Waals surface area contributed by atoms with Crippen molar-refractivity contribution >= 4 is 11.7 Å². The molecule has 1 aromatic heterocycles. The highest BCUT2D eigenvalue weighted by molar-refractivity contribution is 5.99. The molecule has 0 radical (unpaired) electrons. The van der Waals surface area contributed by atoms with E-state index >= 15 is 0 Å². The molecular weight excluding hydrogens is 248 g/mol. The third kappa shape index (κ3) is 2.20. The molecule has 1 heterocycles. The fraction of sp³-hybridized carbons (Fsp3) is 0.294. The number of rotatable bonds is 3. The van der Waals surface area contributed by atoms with E-state index in [0.29, 0.717) is 5.82 Å². The van der Waals surface area contributed by atoms with Crippen LogP contribution in [0.4, 0.5) is 5.82 Å². The van der Waals surface area contributed by atoms with E-state index in [2.05, 4.69) is 10.3 Å². The number of amides is 1. The van der Waals surface area contributed by atoms with Crippen molar-refractivity contribution in [3.63, 3.8) is 0 Å². The van der Waals surface area contributed by atoms with Crippen LogP contribution in [0.25, 0.3) is 0 Å². The van der Waals surface area contributed by atoms with Crippen LogP contribution in [0, 0.1) is 6.92 Å². The molecular formula is C17H18N2O. The topological polar surface area (TPSA) is 42.0 Å². The lowest BCUT2D eigenvalue weighted by molar-refractivity contribution is -0.124. The van der Waals surface area contributed by atoms with Crippen molar-refractivity contribution in [3.8, 4) is 0 Å². The molecule has 102 valence electrons. The van der Waals surface area contributed by atoms with Crippen LogP contribution >= 0.6 is 0 Å². The summed E-state index contributed by atoms with van der Waals surface area (Å²) in [6.45, 7) is 1.99. The second-order valence-electron chi connectivity index (χ2n) is 5.47. The fourth-order valence-electron chi connectivity index (χ4n) is 2.77. The number of nitrogens with one attached hydrogen (secondary N) is 1. The summed E-state index contributed by atoms with van der Waals surface area (Å²) in [6.07, 6.45) is 4.65. The Morgan fingerprint density at radius 2 is 1.95 bits per heavy atom. The minimum atomic E-state index is -0.368. The van der Waals surface area contributed by atoms with Crippen LogP contribution < -0.4 is 5.32 Å². The Morgan fingerprint density at radius 3 is 2.55 bits per heavy atom. The molecule has 3 rings (SSSR count). The summed E-state index contributed by atoms with van der Waals surface area (Å²) in [5, 5.41) is 2.97. The van der Waals surface area contributed by atoms with E-state index in [0.717, 1.165) is 30.4 Å². The molecule has 1 aliphatic rings. The zero-order chi connectivity index (χ0) is 14.0. The van der Waals surface area contributed by atoms with E-state index in [-0.39, 0.29) is 11.3 Å². The number of nitrogens with zero attached hydrogens (tertiary/aromatic N) is 1. The Bertz CT molecular complexity index is 618. The number of carbonyl (C=O) groups excluding carboxylic acids is 1. The third-order valence-electron chi connectivity index (χ3n) is 4.13. The van der Waals surface area contributed by atoms with Gasteiger partial charge in [0.25, 0.3) is 0 Å². The second kappa shape index (κ2) is 5.08. The molecule has 1 aliphatic carbocycles. The number of hydrogen-bond acceptors (Lipinski definition) is 2. The maximum absolute atomic E-state index is 12.7. The lowest BCUT2D eigenvalue weighted by Gasteiger charge is -2.40. The first-order valence-electron chi connectivity index (χ1n) is 7.00. The summed E-state index contributed by atoms with van der Waals surface area (Å²) in [4.78, 5) is 16.9. The summed E-state index contributed by atoms with van der Waals surface area (Å²) >= 11 is 0. The lowest BCUT2D eigenvalue weighted by atomic mass is 9.64. The minimum Gasteiger partial charge on any atom is -0.310 e. The van der Waals surface area contributed by atoms with Gasteiger partial charge in [-0.25, -0.2) is 4.98 Å². The van der Waals surface area contributed by atoms with Gasteiger partial charge in [0.05, 0.1) is 5.41 Å². The summed E-state index contributed by atoms with van der Waals surface area (Å²) in [5.74, 6) is 0.699. The molecule has 2 aromatic rings. The average molecular weight is 266 g/mol. The number of pyridine rings is 1. The van der Waals surface area contributed by atoms with Crippen molar-refractivity contribution in [2.75, 3.05) is 5.32 Å². The van der Waals surface area contributed by atoms with Crippen molar-refractivity contribution < 1.29 is 4.79 Å². The molecule has 0 saturated heterocycles. The van der Waals surface area contributed by atoms with Gasteiger partial charge in [-0.1, -0.05) is 36.8 Å². The highest BCUT2D eigenvalue weighted by Gasteiger charge is 2.45. The zero-order valence-electron chi connectivity index (χ0n) is 11.6. The van der Waals surface area contributed by atoms with Gasteiger partial charge in [0.15, 0.2) is 0 Å². The van der Waals surface area contributed by atoms with Crippen molar-refractivity contribution in [2.45, 2.75) is 31.6 Å². The monoisotopic (exact) mass is 266 g/mol. The van der Waals surface area contributed by atoms with Crippen molar-refractivity contribution in [2.24, 2.45) is 0 Å². The Labute approximate surface area is 119 Å². The second-order valence-corrected chi connectivity index (χ2v) is 5.47. The van der Waals surface area contributed by atoms with Crippen LogP contribution in [0.2, 0.25) is 0 Å². The molecule has 1 N–H and O–H groups in total. The van der Waals surface area contributed by atoms with Gasteiger partial charge in [-0.15, -0.1) is 0 Å². The van der Waals surface area contributed by atoms with Crippen LogP contribution in [0.3, 0.4) is 0 Å². The number of benzene rings is 1. The highest BCUT2D eigenvalue weighted by Crippen LogP contribution is 2.44. The van der Waals surface area contributed by atoms with E-state index < -0.39 is 0 Å². The van der Waals surface area contributed by atoms with Gasteiger partial charge in [0.1, 0.15) is 5.82 Å². The Kier molecular flexibility index (Phi) is 3.26. The lowest BCUT2D eigenvalue weighted by Crippen LogP contribution is -2.46. The van der Waals surface area contributed by atoms with Crippen LogP contribution in [-0.2, 0) is 10.2 Å². The Balaban J connectivity index is 1.85. The van der Waals surface area contributed by atoms with Crippen molar-refractivity contribution in [1.29, 1.82) is 0 Å². The predicted octanol–water partition coefficient (Wildman–Crippen LogP) is 3.45. The highest BCUT2D eigenvalue weighted by atomic mass is 16.2. The van der Waals surface area contributed by atoms with Gasteiger partial charge in [-0.2, -0.15) is 0 Å². The number of aryl methyl sites for hydroxylation is 1. The number of anilines is 1. The predicted molar refractivity (Wildman–Crippen MR) is 79.6 cm³/mol. The Hall–Kier alpha value is -2.16. The standard InChI is InChI=1S/C17H18N2O/c1-13-8-11-18-15(12-13)19-16(20)17(9-5-10-17)14-6-3-2-4-7-14/h2-4,6-8,11-12H,5,9-10H2,1H3,(H,18,19,20). The van der Waals surface area contributed by atoms with Crippen molar-refractivity contribution in [3.05, 3.63) is 59.8 Å². The van der Waals surface area contributed by atoms with Crippen LogP contribution in [0.1, 0.15) is 30.4 Å². The Morgan fingerprint density at radius 1 is 1.20 bits per heavy atom. The quantitative estimate of drug-likeness (QED) is 0.924. The normalized spacial score (nSPS) is 16.2. The van der Waals surface area contributed by atoms with Crippen LogP contribution in [-0.4, -0.2) is 10.9 Å². The molecule has 0 bridgehead atoms. The summed E-state index contributed by atoms with van der Waals surface area (Å²) in [6, 6.07) is 13.9. The number of hydrogen-bond donors (Lipinski definition) is 1. The van der Waals surface area contributed by atoms with Crippen molar-refractivity contribution in [1.82, 2.24) is 4.98 Å². The maximum Gasteiger partial charge on any atom is 0.236 e. The van der Waals surface area contributed by atoms with E-state index in [4.69, 9.17) is 0 Å². The molecule has 0 atom stereocenters. The summed E-state index contributed by atoms with van der Waals surface area (Å²) in [5.41, 5.74) is 1.83. The molecule has 1 fully saturated rings. The van der Waals surface area contributed by atoms with Gasteiger partial charge in [-0.3, -0.25) is 4.79 Å². The largest absolute Gasteiger partial charge is 0.310 e. The molecule has 3 heteroatoms. The molecule has 1 aromatic carbocycles. The van der Waals surface area contributed by atoms with Crippen LogP contribution in [0.5, 0.6) is 0 Å². The molecule has 1 saturated carbocycles. The first-order chi connectivity index (χ1) is 9.71. The number of aromatic nitrogens is 1. The maximum atomic E-state index is 12.7. The summed E-state index contributed by atoms with van der Waals surface area (Å²) < 4.78 is 0. The van der Waals surface area contributed by atoms with E-state index in [9.17, 15) is 4.79 Å². The first-order valence-corrected chi connectivity index (χ1v) is 7.00. The van der Waals surface area contributed by atoms with E-state index in [1.54, 1.807) is 6.20 Å². The van der Waals surface area contributed by atoms with Gasteiger partial charge < -0.3 is 5.32 Å². The molecule has 0 aliphatic heterocycles. The average Bonchev–Trinajstić information content (AvgIpc) is 2.38. The van der Waals surface area contributed by atoms with E-state index in [1.165, 1.54) is 0 Å².